The first-order valence-corrected chi connectivity index (χ1v) is 5.89. The Bertz CT molecular complexity index is 336. The maximum atomic E-state index is 13.5. The van der Waals surface area contributed by atoms with Crippen LogP contribution in [0.1, 0.15) is 37.3 Å². The lowest BCUT2D eigenvalue weighted by Crippen LogP contribution is -2.25. The average Bonchev–Trinajstić information content (AvgIpc) is 2.31. The molecule has 1 aromatic carbocycles. The molecule has 1 aliphatic rings. The van der Waals surface area contributed by atoms with Crippen LogP contribution in [0.25, 0.3) is 0 Å². The second-order valence-corrected chi connectivity index (χ2v) is 4.35. The molecule has 2 rings (SSSR count). The number of hydrogen-bond acceptors (Lipinski definition) is 2. The normalized spacial score (nSPS) is 23.0. The molecule has 16 heavy (non-hydrogen) atoms. The van der Waals surface area contributed by atoms with E-state index in [0.717, 1.165) is 19.4 Å². The second kappa shape index (κ2) is 5.41. The van der Waals surface area contributed by atoms with Crippen molar-refractivity contribution in [2.75, 3.05) is 6.61 Å². The number of halogens is 1. The van der Waals surface area contributed by atoms with Crippen LogP contribution in [0, 0.1) is 5.82 Å². The molecule has 2 atom stereocenters. The van der Waals surface area contributed by atoms with Crippen molar-refractivity contribution < 1.29 is 9.13 Å². The van der Waals surface area contributed by atoms with Gasteiger partial charge in [0.2, 0.25) is 0 Å². The third-order valence-electron chi connectivity index (χ3n) is 3.10. The summed E-state index contributed by atoms with van der Waals surface area (Å²) < 4.78 is 19.1. The summed E-state index contributed by atoms with van der Waals surface area (Å²) in [6.07, 6.45) is 4.27. The van der Waals surface area contributed by atoms with Gasteiger partial charge in [-0.25, -0.2) is 4.39 Å². The molecule has 2 nitrogen and oxygen atoms in total. The Hall–Kier alpha value is -0.930. The van der Waals surface area contributed by atoms with E-state index in [0.29, 0.717) is 12.0 Å². The first kappa shape index (κ1) is 11.6. The Labute approximate surface area is 95.6 Å². The zero-order chi connectivity index (χ0) is 11.4. The lowest BCUT2D eigenvalue weighted by atomic mass is 9.97. The zero-order valence-electron chi connectivity index (χ0n) is 9.36. The van der Waals surface area contributed by atoms with Gasteiger partial charge in [0, 0.05) is 18.2 Å². The minimum absolute atomic E-state index is 0.198. The Kier molecular flexibility index (Phi) is 3.91. The Morgan fingerprint density at radius 3 is 2.88 bits per heavy atom. The van der Waals surface area contributed by atoms with Gasteiger partial charge < -0.3 is 10.5 Å². The fraction of sp³-hybridized carbons (Fsp3) is 0.538. The summed E-state index contributed by atoms with van der Waals surface area (Å²) in [5.74, 6) is -0.217. The Morgan fingerprint density at radius 1 is 1.38 bits per heavy atom. The second-order valence-electron chi connectivity index (χ2n) is 4.35. The lowest BCUT2D eigenvalue weighted by molar-refractivity contribution is 0.00714. The third-order valence-corrected chi connectivity index (χ3v) is 3.10. The Balaban J connectivity index is 1.96. The van der Waals surface area contributed by atoms with E-state index in [4.69, 9.17) is 10.5 Å². The number of hydrogen-bond donors (Lipinski definition) is 1. The highest BCUT2D eigenvalue weighted by atomic mass is 19.1. The summed E-state index contributed by atoms with van der Waals surface area (Å²) in [6, 6.07) is 6.45. The molecule has 1 saturated heterocycles. The van der Waals surface area contributed by atoms with Gasteiger partial charge >= 0.3 is 0 Å². The summed E-state index contributed by atoms with van der Waals surface area (Å²) in [4.78, 5) is 0. The monoisotopic (exact) mass is 223 g/mol. The average molecular weight is 223 g/mol. The van der Waals surface area contributed by atoms with Crippen molar-refractivity contribution in [3.8, 4) is 0 Å². The van der Waals surface area contributed by atoms with Crippen LogP contribution in [-0.2, 0) is 4.74 Å². The van der Waals surface area contributed by atoms with Gasteiger partial charge in [-0.05, 0) is 31.7 Å². The van der Waals surface area contributed by atoms with Crippen LogP contribution in [0.3, 0.4) is 0 Å². The molecule has 1 heterocycles. The van der Waals surface area contributed by atoms with Gasteiger partial charge in [-0.2, -0.15) is 0 Å². The molecular formula is C13H18FNO. The quantitative estimate of drug-likeness (QED) is 0.855. The third kappa shape index (κ3) is 2.80. The van der Waals surface area contributed by atoms with Crippen LogP contribution in [0.4, 0.5) is 4.39 Å². The minimum Gasteiger partial charge on any atom is -0.378 e. The molecule has 0 bridgehead atoms. The fourth-order valence-corrected chi connectivity index (χ4v) is 2.18. The predicted molar refractivity (Wildman–Crippen MR) is 61.5 cm³/mol. The zero-order valence-corrected chi connectivity index (χ0v) is 9.36. The Morgan fingerprint density at radius 2 is 2.19 bits per heavy atom. The predicted octanol–water partition coefficient (Wildman–Crippen LogP) is 2.78. The van der Waals surface area contributed by atoms with Gasteiger partial charge in [0.15, 0.2) is 0 Å². The highest BCUT2D eigenvalue weighted by Gasteiger charge is 2.19. The summed E-state index contributed by atoms with van der Waals surface area (Å²) in [6.45, 7) is 0.814. The topological polar surface area (TPSA) is 35.2 Å². The van der Waals surface area contributed by atoms with E-state index in [2.05, 4.69) is 0 Å². The van der Waals surface area contributed by atoms with E-state index < -0.39 is 0 Å². The van der Waals surface area contributed by atoms with Crippen LogP contribution in [0.2, 0.25) is 0 Å². The van der Waals surface area contributed by atoms with Gasteiger partial charge in [0.25, 0.3) is 0 Å². The van der Waals surface area contributed by atoms with E-state index in [1.165, 1.54) is 12.5 Å². The van der Waals surface area contributed by atoms with Crippen LogP contribution < -0.4 is 5.73 Å². The van der Waals surface area contributed by atoms with E-state index in [-0.39, 0.29) is 18.0 Å². The maximum Gasteiger partial charge on any atom is 0.127 e. The van der Waals surface area contributed by atoms with Gasteiger partial charge in [-0.15, -0.1) is 0 Å². The molecular weight excluding hydrogens is 205 g/mol. The molecule has 1 aliphatic heterocycles. The SMILES string of the molecule is NC(CC1CCCCO1)c1ccccc1F. The maximum absolute atomic E-state index is 13.5. The molecule has 88 valence electrons. The molecule has 0 amide bonds. The number of ether oxygens (including phenoxy) is 1. The number of rotatable bonds is 3. The van der Waals surface area contributed by atoms with E-state index in [1.54, 1.807) is 12.1 Å². The minimum atomic E-state index is -0.260. The summed E-state index contributed by atoms with van der Waals surface area (Å²) in [5, 5.41) is 0. The molecule has 0 saturated carbocycles. The summed E-state index contributed by atoms with van der Waals surface area (Å²) >= 11 is 0. The molecule has 0 spiro atoms. The number of benzene rings is 1. The molecule has 1 fully saturated rings. The number of nitrogens with two attached hydrogens (primary N) is 1. The first-order chi connectivity index (χ1) is 7.77. The van der Waals surface area contributed by atoms with Crippen molar-refractivity contribution in [2.24, 2.45) is 5.73 Å². The fourth-order valence-electron chi connectivity index (χ4n) is 2.18. The molecule has 0 aliphatic carbocycles. The summed E-state index contributed by atoms with van der Waals surface area (Å²) in [7, 11) is 0. The lowest BCUT2D eigenvalue weighted by Gasteiger charge is -2.25. The van der Waals surface area contributed by atoms with Gasteiger partial charge in [0.05, 0.1) is 6.10 Å². The van der Waals surface area contributed by atoms with Crippen molar-refractivity contribution in [1.82, 2.24) is 0 Å². The highest BCUT2D eigenvalue weighted by Crippen LogP contribution is 2.24. The smallest absolute Gasteiger partial charge is 0.127 e. The largest absolute Gasteiger partial charge is 0.378 e. The van der Waals surface area contributed by atoms with Gasteiger partial charge in [-0.1, -0.05) is 18.2 Å². The van der Waals surface area contributed by atoms with Gasteiger partial charge in [0.1, 0.15) is 5.82 Å². The van der Waals surface area contributed by atoms with Crippen molar-refractivity contribution in [1.29, 1.82) is 0 Å². The highest BCUT2D eigenvalue weighted by molar-refractivity contribution is 5.20. The molecule has 3 heteroatoms. The molecule has 1 aromatic rings. The van der Waals surface area contributed by atoms with Crippen LogP contribution in [0.15, 0.2) is 24.3 Å². The van der Waals surface area contributed by atoms with Crippen molar-refractivity contribution >= 4 is 0 Å². The standard InChI is InChI=1S/C13H18FNO/c14-12-7-2-1-6-11(12)13(15)9-10-5-3-4-8-16-10/h1-2,6-7,10,13H,3-5,8-9,15H2. The van der Waals surface area contributed by atoms with Gasteiger partial charge in [-0.3, -0.25) is 0 Å². The van der Waals surface area contributed by atoms with Crippen molar-refractivity contribution in [2.45, 2.75) is 37.8 Å². The molecule has 0 aromatic heterocycles. The molecule has 2 N–H and O–H groups in total. The van der Waals surface area contributed by atoms with E-state index >= 15 is 0 Å². The summed E-state index contributed by atoms with van der Waals surface area (Å²) in [5.41, 5.74) is 6.60. The van der Waals surface area contributed by atoms with E-state index in [1.807, 2.05) is 6.07 Å². The van der Waals surface area contributed by atoms with E-state index in [9.17, 15) is 4.39 Å². The molecule has 2 unspecified atom stereocenters. The van der Waals surface area contributed by atoms with Crippen LogP contribution in [-0.4, -0.2) is 12.7 Å². The van der Waals surface area contributed by atoms with Crippen LogP contribution >= 0.6 is 0 Å². The molecule has 0 radical (unpaired) electrons. The first-order valence-electron chi connectivity index (χ1n) is 5.89. The van der Waals surface area contributed by atoms with Crippen molar-refractivity contribution in [3.63, 3.8) is 0 Å². The van der Waals surface area contributed by atoms with Crippen LogP contribution in [0.5, 0.6) is 0 Å². The van der Waals surface area contributed by atoms with Crippen molar-refractivity contribution in [3.05, 3.63) is 35.6 Å².